The van der Waals surface area contributed by atoms with E-state index in [1.807, 2.05) is 0 Å². The van der Waals surface area contributed by atoms with E-state index in [-0.39, 0.29) is 31.1 Å². The molecule has 0 aliphatic heterocycles. The molecular formula is C60H98O6. The second-order valence-electron chi connectivity index (χ2n) is 17.4. The van der Waals surface area contributed by atoms with Gasteiger partial charge in [0, 0.05) is 19.3 Å². The van der Waals surface area contributed by atoms with Crippen molar-refractivity contribution in [2.24, 2.45) is 0 Å². The molecule has 0 saturated heterocycles. The number of allylic oxidation sites excluding steroid dienone is 18. The van der Waals surface area contributed by atoms with Crippen LogP contribution in [0.4, 0.5) is 0 Å². The van der Waals surface area contributed by atoms with Crippen LogP contribution < -0.4 is 0 Å². The van der Waals surface area contributed by atoms with Crippen molar-refractivity contribution in [3.8, 4) is 0 Å². The van der Waals surface area contributed by atoms with Crippen LogP contribution in [0.15, 0.2) is 109 Å². The summed E-state index contributed by atoms with van der Waals surface area (Å²) in [5, 5.41) is 0. The molecule has 0 saturated carbocycles. The predicted molar refractivity (Wildman–Crippen MR) is 283 cm³/mol. The van der Waals surface area contributed by atoms with Gasteiger partial charge >= 0.3 is 17.9 Å². The summed E-state index contributed by atoms with van der Waals surface area (Å²) in [5.41, 5.74) is 0. The van der Waals surface area contributed by atoms with Crippen molar-refractivity contribution in [3.63, 3.8) is 0 Å². The van der Waals surface area contributed by atoms with Gasteiger partial charge in [0.1, 0.15) is 13.2 Å². The fraction of sp³-hybridized carbons (Fsp3) is 0.650. The lowest BCUT2D eigenvalue weighted by atomic mass is 10.1. The quantitative estimate of drug-likeness (QED) is 0.0262. The van der Waals surface area contributed by atoms with E-state index in [9.17, 15) is 14.4 Å². The third-order valence-electron chi connectivity index (χ3n) is 11.0. The number of hydrogen-bond donors (Lipinski definition) is 0. The standard InChI is InChI=1S/C60H98O6/c1-4-7-10-13-16-17-18-19-20-21-22-23-24-25-26-27-28-29-30-31-32-33-34-35-36-37-38-39-40-41-42-43-45-47-50-53-59(62)65-56-57(55-64-58(61)52-49-46-15-12-9-6-3)66-60(63)54-51-48-44-14-11-8-5-2/h7,10,16-17,19-20,22-23,25-26,28-29,31-32,34-35,37-38,57H,4-6,8-9,11-15,18,21,24,27,30,33,36,39-56H2,1-3H3/b10-7-,17-16-,20-19-,23-22-,26-25-,29-28-,32-31-,35-34-,38-37-. The van der Waals surface area contributed by atoms with Gasteiger partial charge in [-0.1, -0.05) is 233 Å². The van der Waals surface area contributed by atoms with Gasteiger partial charge in [-0.2, -0.15) is 0 Å². The zero-order valence-electron chi connectivity index (χ0n) is 42.7. The van der Waals surface area contributed by atoms with Crippen LogP contribution in [0.3, 0.4) is 0 Å². The normalized spacial score (nSPS) is 13.0. The summed E-state index contributed by atoms with van der Waals surface area (Å²) >= 11 is 0. The SMILES string of the molecule is CC/C=C\C/C=C\C/C=C\C/C=C\C/C=C\C/C=C\C/C=C\C/C=C\C/C=C\CCCCCCCCCC(=O)OCC(COC(=O)CCCCCCCC)OC(=O)CCCCCCCCC. The first-order chi connectivity index (χ1) is 32.5. The number of esters is 3. The minimum atomic E-state index is -0.774. The number of rotatable bonds is 47. The van der Waals surface area contributed by atoms with Gasteiger partial charge in [0.15, 0.2) is 6.10 Å². The smallest absolute Gasteiger partial charge is 0.306 e. The third kappa shape index (κ3) is 51.1. The molecule has 1 atom stereocenters. The number of carbonyl (C=O) groups is 3. The maximum Gasteiger partial charge on any atom is 0.306 e. The van der Waals surface area contributed by atoms with Gasteiger partial charge < -0.3 is 14.2 Å². The molecule has 6 heteroatoms. The predicted octanol–water partition coefficient (Wildman–Crippen LogP) is 17.9. The molecular weight excluding hydrogens is 817 g/mol. The van der Waals surface area contributed by atoms with E-state index in [1.54, 1.807) is 0 Å². The van der Waals surface area contributed by atoms with Crippen LogP contribution in [-0.4, -0.2) is 37.2 Å². The molecule has 1 unspecified atom stereocenters. The zero-order chi connectivity index (χ0) is 47.9. The van der Waals surface area contributed by atoms with E-state index in [2.05, 4.69) is 130 Å². The van der Waals surface area contributed by atoms with Crippen molar-refractivity contribution in [2.75, 3.05) is 13.2 Å². The summed E-state index contributed by atoms with van der Waals surface area (Å²) in [7, 11) is 0. The molecule has 374 valence electrons. The van der Waals surface area contributed by atoms with Gasteiger partial charge in [0.05, 0.1) is 0 Å². The first-order valence-corrected chi connectivity index (χ1v) is 26.9. The summed E-state index contributed by atoms with van der Waals surface area (Å²) in [6.07, 6.45) is 72.8. The Bertz CT molecular complexity index is 1370. The molecule has 0 amide bonds. The molecule has 0 spiro atoms. The highest BCUT2D eigenvalue weighted by Crippen LogP contribution is 2.13. The maximum atomic E-state index is 12.6. The molecule has 0 fully saturated rings. The van der Waals surface area contributed by atoms with Gasteiger partial charge in [0.2, 0.25) is 0 Å². The van der Waals surface area contributed by atoms with Crippen molar-refractivity contribution in [1.82, 2.24) is 0 Å². The minimum absolute atomic E-state index is 0.0807. The Morgan fingerprint density at radius 3 is 0.924 bits per heavy atom. The summed E-state index contributed by atoms with van der Waals surface area (Å²) < 4.78 is 16.6. The van der Waals surface area contributed by atoms with E-state index < -0.39 is 6.10 Å². The molecule has 0 rings (SSSR count). The molecule has 0 aromatic heterocycles. The van der Waals surface area contributed by atoms with Gasteiger partial charge in [-0.05, 0) is 89.9 Å². The molecule has 6 nitrogen and oxygen atoms in total. The monoisotopic (exact) mass is 915 g/mol. The van der Waals surface area contributed by atoms with Crippen LogP contribution in [0.1, 0.15) is 233 Å². The molecule has 0 aromatic rings. The van der Waals surface area contributed by atoms with Gasteiger partial charge in [-0.15, -0.1) is 0 Å². The van der Waals surface area contributed by atoms with Crippen molar-refractivity contribution in [1.29, 1.82) is 0 Å². The van der Waals surface area contributed by atoms with Gasteiger partial charge in [-0.25, -0.2) is 0 Å². The number of hydrogen-bond acceptors (Lipinski definition) is 6. The van der Waals surface area contributed by atoms with Crippen molar-refractivity contribution < 1.29 is 28.6 Å². The first kappa shape index (κ1) is 62.1. The van der Waals surface area contributed by atoms with E-state index in [4.69, 9.17) is 14.2 Å². The van der Waals surface area contributed by atoms with E-state index in [1.165, 1.54) is 70.6 Å². The lowest BCUT2D eigenvalue weighted by Gasteiger charge is -2.18. The third-order valence-corrected chi connectivity index (χ3v) is 11.0. The number of ether oxygens (including phenoxy) is 3. The van der Waals surface area contributed by atoms with Crippen LogP contribution in [0.5, 0.6) is 0 Å². The Balaban J connectivity index is 4.00. The summed E-state index contributed by atoms with van der Waals surface area (Å²) in [4.78, 5) is 37.5. The van der Waals surface area contributed by atoms with Crippen LogP contribution >= 0.6 is 0 Å². The largest absolute Gasteiger partial charge is 0.462 e. The highest BCUT2D eigenvalue weighted by atomic mass is 16.6. The summed E-state index contributed by atoms with van der Waals surface area (Å²) in [5.74, 6) is -0.915. The van der Waals surface area contributed by atoms with Crippen molar-refractivity contribution in [2.45, 2.75) is 239 Å². The van der Waals surface area contributed by atoms with Gasteiger partial charge in [0.25, 0.3) is 0 Å². The van der Waals surface area contributed by atoms with Crippen LogP contribution in [0, 0.1) is 0 Å². The van der Waals surface area contributed by atoms with E-state index in [0.29, 0.717) is 19.3 Å². The molecule has 0 aliphatic rings. The Morgan fingerprint density at radius 2 is 0.591 bits per heavy atom. The fourth-order valence-electron chi connectivity index (χ4n) is 7.02. The number of carbonyl (C=O) groups excluding carboxylic acids is 3. The first-order valence-electron chi connectivity index (χ1n) is 26.9. The van der Waals surface area contributed by atoms with Gasteiger partial charge in [-0.3, -0.25) is 14.4 Å². The average molecular weight is 915 g/mol. The van der Waals surface area contributed by atoms with Crippen LogP contribution in [-0.2, 0) is 28.6 Å². The molecule has 0 aliphatic carbocycles. The zero-order valence-corrected chi connectivity index (χ0v) is 42.7. The van der Waals surface area contributed by atoms with Crippen molar-refractivity contribution >= 4 is 17.9 Å². The molecule has 66 heavy (non-hydrogen) atoms. The second kappa shape index (κ2) is 53.7. The second-order valence-corrected chi connectivity index (χ2v) is 17.4. The van der Waals surface area contributed by atoms with Crippen LogP contribution in [0.2, 0.25) is 0 Å². The highest BCUT2D eigenvalue weighted by molar-refractivity contribution is 5.71. The topological polar surface area (TPSA) is 78.9 Å². The minimum Gasteiger partial charge on any atom is -0.462 e. The Hall–Kier alpha value is -3.93. The Labute approximate surface area is 406 Å². The Kier molecular flexibility index (Phi) is 50.5. The van der Waals surface area contributed by atoms with Crippen LogP contribution in [0.25, 0.3) is 0 Å². The summed E-state index contributed by atoms with van der Waals surface area (Å²) in [6, 6.07) is 0. The molecule has 0 radical (unpaired) electrons. The lowest BCUT2D eigenvalue weighted by molar-refractivity contribution is -0.167. The van der Waals surface area contributed by atoms with E-state index >= 15 is 0 Å². The molecule has 0 heterocycles. The molecule has 0 aromatic carbocycles. The highest BCUT2D eigenvalue weighted by Gasteiger charge is 2.19. The lowest BCUT2D eigenvalue weighted by Crippen LogP contribution is -2.30. The van der Waals surface area contributed by atoms with E-state index in [0.717, 1.165) is 122 Å². The molecule has 0 N–H and O–H groups in total. The number of unbranched alkanes of at least 4 members (excludes halogenated alkanes) is 18. The average Bonchev–Trinajstić information content (AvgIpc) is 3.31. The summed E-state index contributed by atoms with van der Waals surface area (Å²) in [6.45, 7) is 6.39. The van der Waals surface area contributed by atoms with Crippen molar-refractivity contribution in [3.05, 3.63) is 109 Å². The fourth-order valence-corrected chi connectivity index (χ4v) is 7.02. The molecule has 0 bridgehead atoms. The Morgan fingerprint density at radius 1 is 0.318 bits per heavy atom. The maximum absolute atomic E-state index is 12.6.